The van der Waals surface area contributed by atoms with Crippen LogP contribution in [0.2, 0.25) is 0 Å². The normalized spacial score (nSPS) is 57.3. The highest BCUT2D eigenvalue weighted by Crippen LogP contribution is 2.70. The molecule has 3 aliphatic rings. The van der Waals surface area contributed by atoms with Crippen molar-refractivity contribution in [3.8, 4) is 0 Å². The molecule has 0 radical (unpaired) electrons. The minimum absolute atomic E-state index is 1.18. The molecule has 0 N–H and O–H groups in total. The number of hydrogen-bond acceptors (Lipinski definition) is 0. The van der Waals surface area contributed by atoms with E-state index in [9.17, 15) is 0 Å². The zero-order valence-electron chi connectivity index (χ0n) is 6.72. The minimum Gasteiger partial charge on any atom is -0.0651 e. The van der Waals surface area contributed by atoms with Gasteiger partial charge in [-0.2, -0.15) is 0 Å². The Labute approximate surface area is 63.0 Å². The first-order valence-electron chi connectivity index (χ1n) is 4.92. The summed E-state index contributed by atoms with van der Waals surface area (Å²) in [5, 5.41) is 0. The van der Waals surface area contributed by atoms with E-state index in [1.54, 1.807) is 19.3 Å². The van der Waals surface area contributed by atoms with Crippen molar-refractivity contribution in [2.45, 2.75) is 32.6 Å². The Morgan fingerprint density at radius 1 is 1.20 bits per heavy atom. The van der Waals surface area contributed by atoms with Crippen LogP contribution in [0.25, 0.3) is 0 Å². The van der Waals surface area contributed by atoms with E-state index < -0.39 is 0 Å². The standard InChI is InChI=1S/C10H16/c1-2-7-8-5-9(8)10(7)6-3-4-6/h6-10H,2-5H2,1H3. The summed E-state index contributed by atoms with van der Waals surface area (Å²) >= 11 is 0. The van der Waals surface area contributed by atoms with Crippen molar-refractivity contribution in [3.63, 3.8) is 0 Å². The lowest BCUT2D eigenvalue weighted by molar-refractivity contribution is 0.124. The van der Waals surface area contributed by atoms with E-state index >= 15 is 0 Å². The summed E-state index contributed by atoms with van der Waals surface area (Å²) < 4.78 is 0. The van der Waals surface area contributed by atoms with Crippen molar-refractivity contribution < 1.29 is 0 Å². The minimum atomic E-state index is 1.18. The van der Waals surface area contributed by atoms with Crippen molar-refractivity contribution >= 4 is 0 Å². The lowest BCUT2D eigenvalue weighted by Gasteiger charge is -2.35. The van der Waals surface area contributed by atoms with Crippen LogP contribution in [0, 0.1) is 29.6 Å². The van der Waals surface area contributed by atoms with Crippen LogP contribution >= 0.6 is 0 Å². The van der Waals surface area contributed by atoms with Crippen LogP contribution in [0.4, 0.5) is 0 Å². The maximum absolute atomic E-state index is 2.38. The molecule has 4 atom stereocenters. The molecule has 0 nitrogen and oxygen atoms in total. The van der Waals surface area contributed by atoms with Crippen LogP contribution in [0.3, 0.4) is 0 Å². The van der Waals surface area contributed by atoms with Crippen LogP contribution in [0.5, 0.6) is 0 Å². The van der Waals surface area contributed by atoms with Crippen molar-refractivity contribution in [1.82, 2.24) is 0 Å². The Morgan fingerprint density at radius 2 is 2.00 bits per heavy atom. The zero-order chi connectivity index (χ0) is 6.72. The van der Waals surface area contributed by atoms with Crippen LogP contribution < -0.4 is 0 Å². The van der Waals surface area contributed by atoms with Gasteiger partial charge in [-0.1, -0.05) is 13.3 Å². The van der Waals surface area contributed by atoms with Gasteiger partial charge in [-0.15, -0.1) is 0 Å². The molecule has 3 aliphatic carbocycles. The van der Waals surface area contributed by atoms with Gasteiger partial charge >= 0.3 is 0 Å². The Morgan fingerprint density at radius 3 is 2.60 bits per heavy atom. The molecule has 0 saturated heterocycles. The number of rotatable bonds is 2. The first-order chi connectivity index (χ1) is 4.92. The van der Waals surface area contributed by atoms with E-state index in [0.717, 1.165) is 0 Å². The quantitative estimate of drug-likeness (QED) is 0.547. The van der Waals surface area contributed by atoms with Crippen LogP contribution in [0.15, 0.2) is 0 Å². The third-order valence-corrected chi connectivity index (χ3v) is 4.07. The maximum atomic E-state index is 2.38. The fourth-order valence-electron chi connectivity index (χ4n) is 3.38. The maximum Gasteiger partial charge on any atom is -0.0323 e. The molecule has 0 spiro atoms. The molecule has 0 bridgehead atoms. The molecule has 4 unspecified atom stereocenters. The summed E-state index contributed by atoms with van der Waals surface area (Å²) in [4.78, 5) is 0. The first kappa shape index (κ1) is 5.62. The molecule has 56 valence electrons. The molecular weight excluding hydrogens is 120 g/mol. The Balaban J connectivity index is 1.73. The lowest BCUT2D eigenvalue weighted by Crippen LogP contribution is -2.30. The Bertz CT molecular complexity index is 155. The van der Waals surface area contributed by atoms with Crippen LogP contribution in [0.1, 0.15) is 32.6 Å². The predicted molar refractivity (Wildman–Crippen MR) is 41.6 cm³/mol. The Kier molecular flexibility index (Phi) is 0.898. The topological polar surface area (TPSA) is 0 Å². The lowest BCUT2D eigenvalue weighted by atomic mass is 9.70. The highest BCUT2D eigenvalue weighted by atomic mass is 14.7. The third-order valence-electron chi connectivity index (χ3n) is 4.07. The van der Waals surface area contributed by atoms with E-state index in [-0.39, 0.29) is 0 Å². The third kappa shape index (κ3) is 0.538. The second-order valence-electron chi connectivity index (χ2n) is 4.55. The average Bonchev–Trinajstić information content (AvgIpc) is 2.73. The van der Waals surface area contributed by atoms with Gasteiger partial charge in [0, 0.05) is 0 Å². The summed E-state index contributed by atoms with van der Waals surface area (Å²) in [5.41, 5.74) is 0. The summed E-state index contributed by atoms with van der Waals surface area (Å²) in [6.07, 6.45) is 6.23. The van der Waals surface area contributed by atoms with Crippen LogP contribution in [-0.2, 0) is 0 Å². The predicted octanol–water partition coefficient (Wildman–Crippen LogP) is 2.69. The van der Waals surface area contributed by atoms with Gasteiger partial charge in [-0.05, 0) is 48.9 Å². The molecule has 0 aliphatic heterocycles. The molecule has 0 heterocycles. The van der Waals surface area contributed by atoms with Gasteiger partial charge in [-0.25, -0.2) is 0 Å². The first-order valence-corrected chi connectivity index (χ1v) is 4.92. The zero-order valence-corrected chi connectivity index (χ0v) is 6.72. The molecule has 0 amide bonds. The van der Waals surface area contributed by atoms with Gasteiger partial charge in [0.1, 0.15) is 0 Å². The van der Waals surface area contributed by atoms with E-state index in [4.69, 9.17) is 0 Å². The van der Waals surface area contributed by atoms with Gasteiger partial charge in [0.25, 0.3) is 0 Å². The second kappa shape index (κ2) is 1.60. The summed E-state index contributed by atoms with van der Waals surface area (Å²) in [7, 11) is 0. The molecule has 3 rings (SSSR count). The van der Waals surface area contributed by atoms with Crippen molar-refractivity contribution in [3.05, 3.63) is 0 Å². The summed E-state index contributed by atoms with van der Waals surface area (Å²) in [5.74, 6) is 6.05. The monoisotopic (exact) mass is 136 g/mol. The van der Waals surface area contributed by atoms with Gasteiger partial charge in [0.15, 0.2) is 0 Å². The van der Waals surface area contributed by atoms with Crippen molar-refractivity contribution in [2.75, 3.05) is 0 Å². The van der Waals surface area contributed by atoms with Gasteiger partial charge < -0.3 is 0 Å². The Hall–Kier alpha value is 0. The van der Waals surface area contributed by atoms with Crippen molar-refractivity contribution in [1.29, 1.82) is 0 Å². The van der Waals surface area contributed by atoms with Gasteiger partial charge in [0.05, 0.1) is 0 Å². The van der Waals surface area contributed by atoms with Crippen LogP contribution in [-0.4, -0.2) is 0 Å². The molecular formula is C10H16. The highest BCUT2D eigenvalue weighted by molar-refractivity contribution is 5.12. The van der Waals surface area contributed by atoms with Crippen molar-refractivity contribution in [2.24, 2.45) is 29.6 Å². The fraction of sp³-hybridized carbons (Fsp3) is 1.00. The van der Waals surface area contributed by atoms with E-state index in [1.807, 2.05) is 0 Å². The molecule has 3 saturated carbocycles. The smallest absolute Gasteiger partial charge is 0.0323 e. The van der Waals surface area contributed by atoms with Gasteiger partial charge in [0.2, 0.25) is 0 Å². The van der Waals surface area contributed by atoms with Gasteiger partial charge in [-0.3, -0.25) is 0 Å². The molecule has 10 heavy (non-hydrogen) atoms. The second-order valence-corrected chi connectivity index (χ2v) is 4.55. The molecule has 0 aromatic rings. The average molecular weight is 136 g/mol. The van der Waals surface area contributed by atoms with E-state index in [1.165, 1.54) is 36.0 Å². The molecule has 3 fully saturated rings. The SMILES string of the molecule is CCC1C2CC2C1C1CC1. The van der Waals surface area contributed by atoms with E-state index in [0.29, 0.717) is 0 Å². The largest absolute Gasteiger partial charge is 0.0651 e. The molecule has 0 aromatic carbocycles. The number of fused-ring (bicyclic) bond motifs is 1. The fourth-order valence-corrected chi connectivity index (χ4v) is 3.38. The molecule has 0 heteroatoms. The summed E-state index contributed by atoms with van der Waals surface area (Å²) in [6.45, 7) is 2.38. The number of hydrogen-bond donors (Lipinski definition) is 0. The highest BCUT2D eigenvalue weighted by Gasteiger charge is 2.63. The summed E-state index contributed by atoms with van der Waals surface area (Å²) in [6, 6.07) is 0. The molecule has 0 aromatic heterocycles. The van der Waals surface area contributed by atoms with E-state index in [2.05, 4.69) is 6.92 Å².